The van der Waals surface area contributed by atoms with Crippen LogP contribution in [-0.2, 0) is 0 Å². The molecule has 0 saturated heterocycles. The van der Waals surface area contributed by atoms with Gasteiger partial charge in [-0.05, 0) is 20.8 Å². The third kappa shape index (κ3) is 1.10. The van der Waals surface area contributed by atoms with Gasteiger partial charge in [-0.2, -0.15) is 5.10 Å². The fourth-order valence-corrected chi connectivity index (χ4v) is 0.794. The van der Waals surface area contributed by atoms with Crippen molar-refractivity contribution in [3.63, 3.8) is 0 Å². The zero-order chi connectivity index (χ0) is 7.72. The highest BCUT2D eigenvalue weighted by Crippen LogP contribution is 1.95. The third-order valence-corrected chi connectivity index (χ3v) is 1.24. The summed E-state index contributed by atoms with van der Waals surface area (Å²) in [5.41, 5.74) is -0.132. The first-order valence-corrected chi connectivity index (χ1v) is 3.26. The fraction of sp³-hybridized carbons (Fsp3) is 0.667. The first-order chi connectivity index (χ1) is 4.61. The average Bonchev–Trinajstić information content (AvgIpc) is 2.10. The highest BCUT2D eigenvalue weighted by Gasteiger charge is 2.03. The quantitative estimate of drug-likeness (QED) is 0.617. The Kier molecular flexibility index (Phi) is 1.61. The van der Waals surface area contributed by atoms with Gasteiger partial charge in [0.15, 0.2) is 0 Å². The van der Waals surface area contributed by atoms with Crippen LogP contribution in [0.5, 0.6) is 0 Å². The predicted octanol–water partition coefficient (Wildman–Crippen LogP) is 0.461. The molecule has 0 aliphatic rings. The number of rotatable bonds is 1. The molecule has 4 nitrogen and oxygen atoms in total. The van der Waals surface area contributed by atoms with Crippen LogP contribution in [0, 0.1) is 6.92 Å². The van der Waals surface area contributed by atoms with E-state index in [0.29, 0.717) is 5.82 Å². The van der Waals surface area contributed by atoms with Gasteiger partial charge in [0.1, 0.15) is 5.82 Å². The molecule has 0 atom stereocenters. The van der Waals surface area contributed by atoms with Crippen molar-refractivity contribution in [1.29, 1.82) is 0 Å². The van der Waals surface area contributed by atoms with Crippen LogP contribution >= 0.6 is 0 Å². The maximum atomic E-state index is 10.9. The van der Waals surface area contributed by atoms with Crippen molar-refractivity contribution in [1.82, 2.24) is 14.8 Å². The minimum Gasteiger partial charge on any atom is -0.293 e. The Hall–Kier alpha value is -1.06. The van der Waals surface area contributed by atoms with E-state index in [4.69, 9.17) is 0 Å². The number of H-pyrrole nitrogens is 1. The molecule has 0 aliphatic carbocycles. The zero-order valence-corrected chi connectivity index (χ0v) is 6.38. The molecular formula is C6H11N3O. The number of hydrogen-bond donors (Lipinski definition) is 1. The van der Waals surface area contributed by atoms with E-state index in [9.17, 15) is 4.79 Å². The second-order valence-electron chi connectivity index (χ2n) is 2.55. The molecule has 0 spiro atoms. The number of hydrogen-bond acceptors (Lipinski definition) is 2. The van der Waals surface area contributed by atoms with E-state index < -0.39 is 0 Å². The lowest BCUT2D eigenvalue weighted by Crippen LogP contribution is -2.19. The van der Waals surface area contributed by atoms with Crippen molar-refractivity contribution < 1.29 is 0 Å². The molecule has 1 aromatic heterocycles. The fourth-order valence-electron chi connectivity index (χ4n) is 0.794. The molecule has 1 aromatic rings. The van der Waals surface area contributed by atoms with E-state index in [1.54, 1.807) is 6.92 Å². The normalized spacial score (nSPS) is 10.8. The Morgan fingerprint density at radius 3 is 2.40 bits per heavy atom. The summed E-state index contributed by atoms with van der Waals surface area (Å²) in [7, 11) is 0. The summed E-state index contributed by atoms with van der Waals surface area (Å²) in [5, 5.41) is 3.96. The van der Waals surface area contributed by atoms with E-state index in [-0.39, 0.29) is 11.7 Å². The Morgan fingerprint density at radius 2 is 2.20 bits per heavy atom. The highest BCUT2D eigenvalue weighted by atomic mass is 16.1. The number of nitrogens with one attached hydrogen (secondary N) is 1. The Labute approximate surface area is 58.9 Å². The predicted molar refractivity (Wildman–Crippen MR) is 38.0 cm³/mol. The topological polar surface area (TPSA) is 50.7 Å². The zero-order valence-electron chi connectivity index (χ0n) is 6.38. The molecule has 1 heterocycles. The lowest BCUT2D eigenvalue weighted by molar-refractivity contribution is 0.511. The maximum Gasteiger partial charge on any atom is 0.343 e. The van der Waals surface area contributed by atoms with Gasteiger partial charge in [-0.1, -0.05) is 0 Å². The standard InChI is InChI=1S/C6H11N3O/c1-4(2)9-6(10)7-5(3)8-9/h4H,1-3H3,(H,7,8,10). The average molecular weight is 141 g/mol. The van der Waals surface area contributed by atoms with Crippen LogP contribution in [0.1, 0.15) is 25.7 Å². The minimum absolute atomic E-state index is 0.132. The first-order valence-electron chi connectivity index (χ1n) is 3.26. The van der Waals surface area contributed by atoms with Crippen molar-refractivity contribution in [2.75, 3.05) is 0 Å². The molecular weight excluding hydrogens is 130 g/mol. The van der Waals surface area contributed by atoms with Crippen LogP contribution < -0.4 is 5.69 Å². The molecule has 0 radical (unpaired) electrons. The summed E-state index contributed by atoms with van der Waals surface area (Å²) >= 11 is 0. The third-order valence-electron chi connectivity index (χ3n) is 1.24. The van der Waals surface area contributed by atoms with E-state index in [1.165, 1.54) is 4.68 Å². The van der Waals surface area contributed by atoms with Crippen LogP contribution in [0.4, 0.5) is 0 Å². The molecule has 1 rings (SSSR count). The summed E-state index contributed by atoms with van der Waals surface area (Å²) in [6.45, 7) is 5.60. The number of aryl methyl sites for hydroxylation is 1. The van der Waals surface area contributed by atoms with E-state index in [0.717, 1.165) is 0 Å². The van der Waals surface area contributed by atoms with Crippen LogP contribution in [0.3, 0.4) is 0 Å². The van der Waals surface area contributed by atoms with Crippen molar-refractivity contribution >= 4 is 0 Å². The molecule has 56 valence electrons. The molecule has 0 fully saturated rings. The van der Waals surface area contributed by atoms with Crippen LogP contribution in [0.2, 0.25) is 0 Å². The molecule has 0 bridgehead atoms. The van der Waals surface area contributed by atoms with E-state index in [1.807, 2.05) is 13.8 Å². The molecule has 1 N–H and O–H groups in total. The van der Waals surface area contributed by atoms with Crippen molar-refractivity contribution in [2.24, 2.45) is 0 Å². The Bertz CT molecular complexity index is 271. The summed E-state index contributed by atoms with van der Waals surface area (Å²) < 4.78 is 1.43. The van der Waals surface area contributed by atoms with Crippen molar-refractivity contribution in [3.8, 4) is 0 Å². The Morgan fingerprint density at radius 1 is 1.60 bits per heavy atom. The summed E-state index contributed by atoms with van der Waals surface area (Å²) in [4.78, 5) is 13.5. The van der Waals surface area contributed by atoms with Gasteiger partial charge in [0, 0.05) is 0 Å². The van der Waals surface area contributed by atoms with Gasteiger partial charge < -0.3 is 0 Å². The molecule has 0 amide bonds. The van der Waals surface area contributed by atoms with Crippen LogP contribution in [0.25, 0.3) is 0 Å². The highest BCUT2D eigenvalue weighted by molar-refractivity contribution is 4.77. The van der Waals surface area contributed by atoms with Crippen molar-refractivity contribution in [3.05, 3.63) is 16.3 Å². The Balaban J connectivity index is 3.16. The SMILES string of the molecule is Cc1nn(C(C)C)c(=O)[nH]1. The van der Waals surface area contributed by atoms with Gasteiger partial charge >= 0.3 is 5.69 Å². The molecule has 0 aromatic carbocycles. The summed E-state index contributed by atoms with van der Waals surface area (Å²) in [5.74, 6) is 0.665. The van der Waals surface area contributed by atoms with Crippen molar-refractivity contribution in [2.45, 2.75) is 26.8 Å². The molecule has 0 saturated carbocycles. The van der Waals surface area contributed by atoms with Gasteiger partial charge in [0.05, 0.1) is 6.04 Å². The van der Waals surface area contributed by atoms with Gasteiger partial charge in [-0.3, -0.25) is 4.98 Å². The second-order valence-corrected chi connectivity index (χ2v) is 2.55. The summed E-state index contributed by atoms with van der Waals surface area (Å²) in [6, 6.07) is 0.137. The second kappa shape index (κ2) is 2.28. The van der Waals surface area contributed by atoms with E-state index >= 15 is 0 Å². The summed E-state index contributed by atoms with van der Waals surface area (Å²) in [6.07, 6.45) is 0. The molecule has 0 aliphatic heterocycles. The maximum absolute atomic E-state index is 10.9. The van der Waals surface area contributed by atoms with Gasteiger partial charge in [0.2, 0.25) is 0 Å². The number of nitrogens with zero attached hydrogens (tertiary/aromatic N) is 2. The van der Waals surface area contributed by atoms with Gasteiger partial charge in [-0.15, -0.1) is 0 Å². The van der Waals surface area contributed by atoms with Crippen LogP contribution in [-0.4, -0.2) is 14.8 Å². The molecule has 4 heteroatoms. The smallest absolute Gasteiger partial charge is 0.293 e. The van der Waals surface area contributed by atoms with Gasteiger partial charge in [0.25, 0.3) is 0 Å². The number of aromatic nitrogens is 3. The minimum atomic E-state index is -0.132. The lowest BCUT2D eigenvalue weighted by Gasteiger charge is -1.99. The first kappa shape index (κ1) is 7.05. The van der Waals surface area contributed by atoms with E-state index in [2.05, 4.69) is 10.1 Å². The monoisotopic (exact) mass is 141 g/mol. The molecule has 10 heavy (non-hydrogen) atoms. The van der Waals surface area contributed by atoms with Gasteiger partial charge in [-0.25, -0.2) is 9.48 Å². The molecule has 0 unspecified atom stereocenters. The van der Waals surface area contributed by atoms with Crippen LogP contribution in [0.15, 0.2) is 4.79 Å². The lowest BCUT2D eigenvalue weighted by atomic mass is 10.4. The number of aromatic amines is 1. The largest absolute Gasteiger partial charge is 0.343 e.